The van der Waals surface area contributed by atoms with E-state index in [0.717, 1.165) is 34.2 Å². The Morgan fingerprint density at radius 1 is 1.03 bits per heavy atom. The van der Waals surface area contributed by atoms with E-state index < -0.39 is 0 Å². The van der Waals surface area contributed by atoms with Gasteiger partial charge in [0, 0.05) is 22.8 Å². The highest BCUT2D eigenvalue weighted by Gasteiger charge is 2.24. The molecule has 6 nitrogen and oxygen atoms in total. The molecule has 4 aromatic heterocycles. The van der Waals surface area contributed by atoms with Crippen molar-refractivity contribution in [2.75, 3.05) is 0 Å². The molecule has 0 radical (unpaired) electrons. The molecule has 5 aromatic rings. The second-order valence-corrected chi connectivity index (χ2v) is 8.74. The third-order valence-corrected chi connectivity index (χ3v) is 7.06. The maximum absolute atomic E-state index is 13.5. The van der Waals surface area contributed by atoms with Crippen LogP contribution in [-0.4, -0.2) is 24.1 Å². The first kappa shape index (κ1) is 17.5. The van der Waals surface area contributed by atoms with Gasteiger partial charge in [-0.05, 0) is 48.9 Å². The Bertz CT molecular complexity index is 1430. The zero-order valence-corrected chi connectivity index (χ0v) is 17.1. The van der Waals surface area contributed by atoms with Crippen molar-refractivity contribution >= 4 is 27.2 Å². The molecule has 1 aliphatic carbocycles. The van der Waals surface area contributed by atoms with Gasteiger partial charge in [-0.3, -0.25) is 9.55 Å². The number of nitrogens with zero attached hydrogens (tertiary/aromatic N) is 5. The molecule has 0 saturated heterocycles. The van der Waals surface area contributed by atoms with E-state index in [-0.39, 0.29) is 5.69 Å². The number of fused-ring (bicyclic) bond motifs is 5. The van der Waals surface area contributed by atoms with Crippen molar-refractivity contribution in [2.45, 2.75) is 32.2 Å². The highest BCUT2D eigenvalue weighted by atomic mass is 32.1. The average molecular weight is 414 g/mol. The van der Waals surface area contributed by atoms with Crippen LogP contribution in [0.15, 0.2) is 59.7 Å². The molecule has 0 N–H and O–H groups in total. The molecule has 148 valence electrons. The fourth-order valence-electron chi connectivity index (χ4n) is 4.30. The van der Waals surface area contributed by atoms with Gasteiger partial charge in [0.15, 0.2) is 11.5 Å². The number of aromatic nitrogens is 5. The first-order valence-corrected chi connectivity index (χ1v) is 11.0. The van der Waals surface area contributed by atoms with E-state index >= 15 is 0 Å². The van der Waals surface area contributed by atoms with Gasteiger partial charge in [-0.2, -0.15) is 4.52 Å². The predicted molar refractivity (Wildman–Crippen MR) is 118 cm³/mol. The first-order chi connectivity index (χ1) is 14.8. The van der Waals surface area contributed by atoms with Crippen LogP contribution in [-0.2, 0) is 19.4 Å². The van der Waals surface area contributed by atoms with Crippen LogP contribution in [0.5, 0.6) is 0 Å². The third-order valence-electron chi connectivity index (χ3n) is 5.74. The molecular formula is C23H19N5OS. The zero-order chi connectivity index (χ0) is 20.1. The zero-order valence-electron chi connectivity index (χ0n) is 16.3. The summed E-state index contributed by atoms with van der Waals surface area (Å²) in [6.07, 6.45) is 7.93. The largest absolute Gasteiger partial charge is 0.352 e. The van der Waals surface area contributed by atoms with Crippen LogP contribution in [0.25, 0.3) is 27.3 Å². The molecule has 0 unspecified atom stereocenters. The molecule has 0 atom stereocenters. The second-order valence-electron chi connectivity index (χ2n) is 7.66. The van der Waals surface area contributed by atoms with Crippen molar-refractivity contribution in [3.8, 4) is 11.4 Å². The predicted octanol–water partition coefficient (Wildman–Crippen LogP) is 4.09. The summed E-state index contributed by atoms with van der Waals surface area (Å²) in [4.78, 5) is 24.9. The summed E-state index contributed by atoms with van der Waals surface area (Å²) in [6, 6.07) is 13.9. The maximum atomic E-state index is 13.5. The van der Waals surface area contributed by atoms with Crippen molar-refractivity contribution < 1.29 is 0 Å². The van der Waals surface area contributed by atoms with Gasteiger partial charge >= 0.3 is 5.69 Å². The Balaban J connectivity index is 1.67. The summed E-state index contributed by atoms with van der Waals surface area (Å²) in [7, 11) is 0. The van der Waals surface area contributed by atoms with E-state index in [9.17, 15) is 4.79 Å². The molecule has 30 heavy (non-hydrogen) atoms. The van der Waals surface area contributed by atoms with Gasteiger partial charge in [-0.1, -0.05) is 30.3 Å². The van der Waals surface area contributed by atoms with Crippen LogP contribution in [0.4, 0.5) is 0 Å². The third kappa shape index (κ3) is 2.69. The number of aryl methyl sites for hydroxylation is 2. The summed E-state index contributed by atoms with van der Waals surface area (Å²) < 4.78 is 3.34. The first-order valence-electron chi connectivity index (χ1n) is 10.2. The Labute approximate surface area is 176 Å². The number of hydrogen-bond acceptors (Lipinski definition) is 5. The van der Waals surface area contributed by atoms with Crippen molar-refractivity contribution in [1.29, 1.82) is 0 Å². The number of thiophene rings is 1. The van der Waals surface area contributed by atoms with Crippen LogP contribution in [0.1, 0.15) is 28.8 Å². The van der Waals surface area contributed by atoms with E-state index in [0.29, 0.717) is 18.0 Å². The van der Waals surface area contributed by atoms with Gasteiger partial charge < -0.3 is 0 Å². The summed E-state index contributed by atoms with van der Waals surface area (Å²) >= 11 is 1.75. The minimum absolute atomic E-state index is 0.150. The highest BCUT2D eigenvalue weighted by Crippen LogP contribution is 2.38. The maximum Gasteiger partial charge on any atom is 0.352 e. The van der Waals surface area contributed by atoms with E-state index in [4.69, 9.17) is 4.98 Å². The molecular weight excluding hydrogens is 394 g/mol. The summed E-state index contributed by atoms with van der Waals surface area (Å²) in [5.74, 6) is 0.537. The number of benzene rings is 1. The second kappa shape index (κ2) is 6.88. The Hall–Kier alpha value is -3.32. The Morgan fingerprint density at radius 2 is 1.90 bits per heavy atom. The molecule has 0 bridgehead atoms. The standard InChI is InChI=1S/C23H19N5OS/c29-23-27(14-15-7-2-1-3-8-15)22-19(17-10-4-5-11-18(17)30-22)21-25-20(26-28(21)23)16-9-6-12-24-13-16/h1-3,6-9,12-13H,4-5,10-11,14H2. The van der Waals surface area contributed by atoms with Crippen LogP contribution in [0.3, 0.4) is 0 Å². The molecule has 0 saturated carbocycles. The molecule has 0 aliphatic heterocycles. The smallest absolute Gasteiger partial charge is 0.278 e. The molecule has 0 amide bonds. The number of rotatable bonds is 3. The fraction of sp³-hybridized carbons (Fsp3) is 0.217. The van der Waals surface area contributed by atoms with Crippen molar-refractivity contribution in [2.24, 2.45) is 0 Å². The molecule has 1 aromatic carbocycles. The number of pyridine rings is 1. The fourth-order valence-corrected chi connectivity index (χ4v) is 5.68. The van der Waals surface area contributed by atoms with Crippen molar-refractivity contribution in [1.82, 2.24) is 24.1 Å². The summed E-state index contributed by atoms with van der Waals surface area (Å²) in [5.41, 5.74) is 3.77. The van der Waals surface area contributed by atoms with Crippen LogP contribution < -0.4 is 5.69 Å². The SMILES string of the molecule is O=c1n(Cc2ccccc2)c2sc3c(c2c2nc(-c4cccnc4)nn12)CCCC3. The molecule has 0 spiro atoms. The van der Waals surface area contributed by atoms with Gasteiger partial charge in [0.25, 0.3) is 0 Å². The van der Waals surface area contributed by atoms with Gasteiger partial charge in [-0.15, -0.1) is 16.4 Å². The monoisotopic (exact) mass is 413 g/mol. The molecule has 0 fully saturated rings. The van der Waals surface area contributed by atoms with E-state index in [1.165, 1.54) is 27.8 Å². The highest BCUT2D eigenvalue weighted by molar-refractivity contribution is 7.19. The quantitative estimate of drug-likeness (QED) is 0.447. The lowest BCUT2D eigenvalue weighted by atomic mass is 9.97. The normalized spacial score (nSPS) is 13.7. The molecule has 1 aliphatic rings. The van der Waals surface area contributed by atoms with Crippen molar-refractivity contribution in [3.63, 3.8) is 0 Å². The molecule has 7 heteroatoms. The lowest BCUT2D eigenvalue weighted by molar-refractivity contribution is 0.698. The average Bonchev–Trinajstić information content (AvgIpc) is 3.40. The van der Waals surface area contributed by atoms with E-state index in [1.54, 1.807) is 23.7 Å². The minimum atomic E-state index is -0.150. The van der Waals surface area contributed by atoms with Crippen LogP contribution in [0, 0.1) is 0 Å². The minimum Gasteiger partial charge on any atom is -0.278 e. The van der Waals surface area contributed by atoms with E-state index in [1.807, 2.05) is 34.9 Å². The van der Waals surface area contributed by atoms with E-state index in [2.05, 4.69) is 22.2 Å². The van der Waals surface area contributed by atoms with Crippen LogP contribution >= 0.6 is 11.3 Å². The van der Waals surface area contributed by atoms with Gasteiger partial charge in [-0.25, -0.2) is 9.78 Å². The summed E-state index contributed by atoms with van der Waals surface area (Å²) in [6.45, 7) is 0.521. The van der Waals surface area contributed by atoms with Gasteiger partial charge in [0.1, 0.15) is 4.83 Å². The van der Waals surface area contributed by atoms with Crippen LogP contribution in [0.2, 0.25) is 0 Å². The molecule has 4 heterocycles. The Morgan fingerprint density at radius 3 is 2.73 bits per heavy atom. The lowest BCUT2D eigenvalue weighted by Crippen LogP contribution is -2.28. The summed E-state index contributed by atoms with van der Waals surface area (Å²) in [5, 5.41) is 5.69. The lowest BCUT2D eigenvalue weighted by Gasteiger charge is -2.11. The molecule has 6 rings (SSSR count). The topological polar surface area (TPSA) is 65.1 Å². The Kier molecular flexibility index (Phi) is 4.02. The van der Waals surface area contributed by atoms with Crippen molar-refractivity contribution in [3.05, 3.63) is 81.3 Å². The van der Waals surface area contributed by atoms with Gasteiger partial charge in [0.2, 0.25) is 0 Å². The van der Waals surface area contributed by atoms with Gasteiger partial charge in [0.05, 0.1) is 11.9 Å². The number of hydrogen-bond donors (Lipinski definition) is 0.